The molecule has 1 fully saturated rings. The molecule has 1 saturated carbocycles. The van der Waals surface area contributed by atoms with Gasteiger partial charge in [0.05, 0.1) is 6.61 Å². The van der Waals surface area contributed by atoms with E-state index in [2.05, 4.69) is 62.4 Å². The van der Waals surface area contributed by atoms with Crippen molar-refractivity contribution in [3.8, 4) is 5.75 Å². The molecule has 0 bridgehead atoms. The summed E-state index contributed by atoms with van der Waals surface area (Å²) in [7, 11) is 0. The summed E-state index contributed by atoms with van der Waals surface area (Å²) in [6.07, 6.45) is 9.22. The van der Waals surface area contributed by atoms with Crippen molar-refractivity contribution in [2.24, 2.45) is 5.92 Å². The van der Waals surface area contributed by atoms with Crippen molar-refractivity contribution in [3.05, 3.63) is 59.7 Å². The van der Waals surface area contributed by atoms with Crippen LogP contribution in [0.3, 0.4) is 0 Å². The van der Waals surface area contributed by atoms with Crippen molar-refractivity contribution in [1.82, 2.24) is 0 Å². The molecule has 1 aliphatic carbocycles. The fourth-order valence-corrected chi connectivity index (χ4v) is 4.78. The van der Waals surface area contributed by atoms with E-state index in [1.807, 2.05) is 11.8 Å². The van der Waals surface area contributed by atoms with Gasteiger partial charge in [-0.2, -0.15) is 0 Å². The molecule has 3 rings (SSSR count). The van der Waals surface area contributed by atoms with Crippen LogP contribution in [-0.4, -0.2) is 6.61 Å². The van der Waals surface area contributed by atoms with E-state index in [0.717, 1.165) is 36.4 Å². The molecule has 1 nitrogen and oxygen atoms in total. The Bertz CT molecular complexity index is 654. The highest BCUT2D eigenvalue weighted by molar-refractivity contribution is 7.98. The zero-order valence-electron chi connectivity index (χ0n) is 17.0. The molecule has 0 atom stereocenters. The SMILES string of the molecule is CCCCOc1ccc(CSc2ccc(C3CCC(CC)CC3)cc2)cc1. The van der Waals surface area contributed by atoms with Gasteiger partial charge in [-0.3, -0.25) is 0 Å². The lowest BCUT2D eigenvalue weighted by Gasteiger charge is -2.28. The van der Waals surface area contributed by atoms with Gasteiger partial charge >= 0.3 is 0 Å². The second-order valence-electron chi connectivity index (χ2n) is 7.83. The lowest BCUT2D eigenvalue weighted by Crippen LogP contribution is -2.12. The number of thioether (sulfide) groups is 1. The summed E-state index contributed by atoms with van der Waals surface area (Å²) in [6, 6.07) is 17.9. The zero-order valence-corrected chi connectivity index (χ0v) is 17.8. The second kappa shape index (κ2) is 10.8. The maximum atomic E-state index is 5.74. The molecule has 0 aromatic heterocycles. The second-order valence-corrected chi connectivity index (χ2v) is 8.88. The van der Waals surface area contributed by atoms with Gasteiger partial charge in [-0.15, -0.1) is 11.8 Å². The minimum atomic E-state index is 0.784. The highest BCUT2D eigenvalue weighted by Crippen LogP contribution is 2.37. The Morgan fingerprint density at radius 3 is 2.22 bits per heavy atom. The molecule has 146 valence electrons. The van der Waals surface area contributed by atoms with E-state index >= 15 is 0 Å². The molecule has 0 saturated heterocycles. The largest absolute Gasteiger partial charge is 0.494 e. The van der Waals surface area contributed by atoms with E-state index in [4.69, 9.17) is 4.74 Å². The molecule has 1 aliphatic rings. The third-order valence-electron chi connectivity index (χ3n) is 5.87. The maximum Gasteiger partial charge on any atom is 0.119 e. The summed E-state index contributed by atoms with van der Waals surface area (Å²) in [5.41, 5.74) is 2.90. The topological polar surface area (TPSA) is 9.23 Å². The van der Waals surface area contributed by atoms with E-state index in [1.165, 1.54) is 49.0 Å². The first-order valence-electron chi connectivity index (χ1n) is 10.7. The minimum Gasteiger partial charge on any atom is -0.494 e. The standard InChI is InChI=1S/C25H34OS/c1-3-5-18-26-24-14-8-21(9-15-24)19-27-25-16-12-23(13-17-25)22-10-6-20(4-2)7-11-22/h8-9,12-17,20,22H,3-7,10-11,18-19H2,1-2H3. The Labute approximate surface area is 169 Å². The monoisotopic (exact) mass is 382 g/mol. The molecule has 0 N–H and O–H groups in total. The Kier molecular flexibility index (Phi) is 8.13. The van der Waals surface area contributed by atoms with Crippen molar-refractivity contribution in [2.75, 3.05) is 6.61 Å². The van der Waals surface area contributed by atoms with Gasteiger partial charge in [0.15, 0.2) is 0 Å². The number of hydrogen-bond acceptors (Lipinski definition) is 2. The van der Waals surface area contributed by atoms with Gasteiger partial charge in [0.1, 0.15) is 5.75 Å². The quantitative estimate of drug-likeness (QED) is 0.322. The predicted octanol–water partition coefficient (Wildman–Crippen LogP) is 7.84. The maximum absolute atomic E-state index is 5.74. The van der Waals surface area contributed by atoms with E-state index in [1.54, 1.807) is 5.56 Å². The lowest BCUT2D eigenvalue weighted by atomic mass is 9.78. The van der Waals surface area contributed by atoms with Crippen molar-refractivity contribution >= 4 is 11.8 Å². The highest BCUT2D eigenvalue weighted by atomic mass is 32.2. The van der Waals surface area contributed by atoms with E-state index in [0.29, 0.717) is 0 Å². The van der Waals surface area contributed by atoms with Crippen molar-refractivity contribution in [1.29, 1.82) is 0 Å². The highest BCUT2D eigenvalue weighted by Gasteiger charge is 2.21. The van der Waals surface area contributed by atoms with Crippen LogP contribution in [0.4, 0.5) is 0 Å². The van der Waals surface area contributed by atoms with Crippen LogP contribution in [0.5, 0.6) is 5.75 Å². The van der Waals surface area contributed by atoms with Gasteiger partial charge in [-0.1, -0.05) is 51.0 Å². The summed E-state index contributed by atoms with van der Waals surface area (Å²) in [4.78, 5) is 1.37. The van der Waals surface area contributed by atoms with Crippen LogP contribution < -0.4 is 4.74 Å². The normalized spacial score (nSPS) is 19.8. The fourth-order valence-electron chi connectivity index (χ4n) is 3.92. The van der Waals surface area contributed by atoms with E-state index in [-0.39, 0.29) is 0 Å². The van der Waals surface area contributed by atoms with Gasteiger partial charge in [-0.05, 0) is 79.3 Å². The van der Waals surface area contributed by atoms with Crippen LogP contribution >= 0.6 is 11.8 Å². The van der Waals surface area contributed by atoms with Crippen LogP contribution in [-0.2, 0) is 5.75 Å². The average molecular weight is 383 g/mol. The van der Waals surface area contributed by atoms with Crippen molar-refractivity contribution < 1.29 is 4.74 Å². The van der Waals surface area contributed by atoms with Gasteiger partial charge in [0.25, 0.3) is 0 Å². The molecule has 0 heterocycles. The molecule has 0 amide bonds. The number of rotatable bonds is 9. The fraction of sp³-hybridized carbons (Fsp3) is 0.520. The molecular formula is C25H34OS. The first-order valence-corrected chi connectivity index (χ1v) is 11.7. The van der Waals surface area contributed by atoms with Crippen LogP contribution in [0.25, 0.3) is 0 Å². The minimum absolute atomic E-state index is 0.784. The predicted molar refractivity (Wildman–Crippen MR) is 118 cm³/mol. The number of benzene rings is 2. The average Bonchev–Trinajstić information content (AvgIpc) is 2.74. The van der Waals surface area contributed by atoms with Gasteiger partial charge in [0, 0.05) is 10.6 Å². The number of hydrogen-bond donors (Lipinski definition) is 0. The summed E-state index contributed by atoms with van der Waals surface area (Å²) in [5, 5.41) is 0. The molecule has 0 unspecified atom stereocenters. The van der Waals surface area contributed by atoms with Crippen LogP contribution in [0.15, 0.2) is 53.4 Å². The summed E-state index contributed by atoms with van der Waals surface area (Å²) >= 11 is 1.92. The smallest absolute Gasteiger partial charge is 0.119 e. The number of unbranched alkanes of at least 4 members (excludes halogenated alkanes) is 1. The van der Waals surface area contributed by atoms with Crippen molar-refractivity contribution in [3.63, 3.8) is 0 Å². The zero-order chi connectivity index (χ0) is 18.9. The molecule has 2 aromatic rings. The van der Waals surface area contributed by atoms with Crippen LogP contribution in [0, 0.1) is 5.92 Å². The van der Waals surface area contributed by atoms with Crippen LogP contribution in [0.1, 0.15) is 75.8 Å². The molecule has 0 aliphatic heterocycles. The van der Waals surface area contributed by atoms with E-state index < -0.39 is 0 Å². The molecular weight excluding hydrogens is 348 g/mol. The third-order valence-corrected chi connectivity index (χ3v) is 6.95. The summed E-state index contributed by atoms with van der Waals surface area (Å²) < 4.78 is 5.74. The Balaban J connectivity index is 1.46. The molecule has 2 aromatic carbocycles. The van der Waals surface area contributed by atoms with Gasteiger partial charge in [0.2, 0.25) is 0 Å². The van der Waals surface area contributed by atoms with E-state index in [9.17, 15) is 0 Å². The lowest BCUT2D eigenvalue weighted by molar-refractivity contribution is 0.309. The van der Waals surface area contributed by atoms with Crippen molar-refractivity contribution in [2.45, 2.75) is 75.4 Å². The summed E-state index contributed by atoms with van der Waals surface area (Å²) in [5.74, 6) is 3.75. The Morgan fingerprint density at radius 1 is 0.889 bits per heavy atom. The molecule has 27 heavy (non-hydrogen) atoms. The van der Waals surface area contributed by atoms with Gasteiger partial charge < -0.3 is 4.74 Å². The molecule has 0 spiro atoms. The summed E-state index contributed by atoms with van der Waals surface area (Å²) in [6.45, 7) is 5.34. The molecule has 2 heteroatoms. The molecule has 0 radical (unpaired) electrons. The third kappa shape index (κ3) is 6.31. The Morgan fingerprint density at radius 2 is 1.59 bits per heavy atom. The first kappa shape index (κ1) is 20.3. The number of ether oxygens (including phenoxy) is 1. The Hall–Kier alpha value is -1.41. The van der Waals surface area contributed by atoms with Gasteiger partial charge in [-0.25, -0.2) is 0 Å². The van der Waals surface area contributed by atoms with Crippen LogP contribution in [0.2, 0.25) is 0 Å². The first-order chi connectivity index (χ1) is 13.3.